The number of methoxy groups -OCH3 is 1. The van der Waals surface area contributed by atoms with E-state index in [1.165, 1.54) is 37.5 Å². The minimum atomic E-state index is -0.598. The van der Waals surface area contributed by atoms with Gasteiger partial charge in [-0.15, -0.1) is 0 Å². The number of benzene rings is 2. The van der Waals surface area contributed by atoms with Crippen molar-refractivity contribution in [2.75, 3.05) is 12.0 Å². The molecule has 1 N–H and O–H groups in total. The van der Waals surface area contributed by atoms with E-state index >= 15 is 0 Å². The molecule has 2 aromatic carbocycles. The summed E-state index contributed by atoms with van der Waals surface area (Å²) in [5, 5.41) is 2.42. The number of hydrogen-bond donors (Lipinski definition) is 1. The number of rotatable bonds is 3. The third-order valence-corrected chi connectivity index (χ3v) is 3.91. The Hall–Kier alpha value is -3.06. The smallest absolute Gasteiger partial charge is 0.270 e. The predicted octanol–water partition coefficient (Wildman–Crippen LogP) is 2.67. The van der Waals surface area contributed by atoms with Crippen molar-refractivity contribution in [3.63, 3.8) is 0 Å². The van der Waals surface area contributed by atoms with E-state index in [0.717, 1.165) is 4.90 Å². The van der Waals surface area contributed by atoms with Crippen LogP contribution in [0.2, 0.25) is 0 Å². The Bertz CT molecular complexity index is 893. The van der Waals surface area contributed by atoms with E-state index in [1.54, 1.807) is 24.3 Å². The Kier molecular flexibility index (Phi) is 4.58. The largest absolute Gasteiger partial charge is 0.496 e. The first-order chi connectivity index (χ1) is 12.0. The maximum absolute atomic E-state index is 13.1. The number of ether oxygens (including phenoxy) is 1. The topological polar surface area (TPSA) is 58.6 Å². The van der Waals surface area contributed by atoms with E-state index in [2.05, 4.69) is 5.32 Å². The third-order valence-electron chi connectivity index (χ3n) is 3.63. The number of halogens is 1. The van der Waals surface area contributed by atoms with E-state index in [4.69, 9.17) is 17.0 Å². The van der Waals surface area contributed by atoms with Crippen LogP contribution in [0, 0.1) is 5.82 Å². The van der Waals surface area contributed by atoms with Crippen LogP contribution in [0.25, 0.3) is 6.08 Å². The summed E-state index contributed by atoms with van der Waals surface area (Å²) in [7, 11) is 1.50. The van der Waals surface area contributed by atoms with Gasteiger partial charge < -0.3 is 4.74 Å². The van der Waals surface area contributed by atoms with Gasteiger partial charge in [0.15, 0.2) is 5.11 Å². The molecule has 0 radical (unpaired) electrons. The fourth-order valence-electron chi connectivity index (χ4n) is 2.42. The summed E-state index contributed by atoms with van der Waals surface area (Å²) in [6.45, 7) is 0. The van der Waals surface area contributed by atoms with Crippen LogP contribution in [0.5, 0.6) is 5.75 Å². The molecule has 126 valence electrons. The number of carbonyl (C=O) groups excluding carboxylic acids is 2. The van der Waals surface area contributed by atoms with Crippen LogP contribution in [-0.4, -0.2) is 24.0 Å². The van der Waals surface area contributed by atoms with Gasteiger partial charge in [0.2, 0.25) is 0 Å². The Balaban J connectivity index is 2.03. The van der Waals surface area contributed by atoms with Crippen molar-refractivity contribution < 1.29 is 18.7 Å². The van der Waals surface area contributed by atoms with Crippen LogP contribution in [0.1, 0.15) is 5.56 Å². The number of anilines is 1. The second kappa shape index (κ2) is 6.82. The maximum Gasteiger partial charge on any atom is 0.270 e. The van der Waals surface area contributed by atoms with Gasteiger partial charge in [0.05, 0.1) is 12.8 Å². The zero-order chi connectivity index (χ0) is 18.0. The maximum atomic E-state index is 13.1. The zero-order valence-electron chi connectivity index (χ0n) is 13.2. The van der Waals surface area contributed by atoms with Crippen LogP contribution in [0.4, 0.5) is 10.1 Å². The Morgan fingerprint density at radius 2 is 1.80 bits per heavy atom. The number of nitrogens with one attached hydrogen (secondary N) is 1. The molecule has 0 atom stereocenters. The molecule has 5 nitrogen and oxygen atoms in total. The van der Waals surface area contributed by atoms with Crippen molar-refractivity contribution in [2.24, 2.45) is 0 Å². The number of thiocarbonyl (C=S) groups is 1. The molecular formula is C18H13FN2O3S. The second-order valence-electron chi connectivity index (χ2n) is 5.18. The Morgan fingerprint density at radius 3 is 2.48 bits per heavy atom. The molecule has 2 aromatic rings. The first-order valence-electron chi connectivity index (χ1n) is 7.31. The lowest BCUT2D eigenvalue weighted by molar-refractivity contribution is -0.122. The summed E-state index contributed by atoms with van der Waals surface area (Å²) in [6, 6.07) is 12.2. The molecule has 0 unspecified atom stereocenters. The third kappa shape index (κ3) is 3.27. The lowest BCUT2D eigenvalue weighted by Gasteiger charge is -2.29. The summed E-state index contributed by atoms with van der Waals surface area (Å²) in [4.78, 5) is 26.2. The Morgan fingerprint density at radius 1 is 1.12 bits per heavy atom. The van der Waals surface area contributed by atoms with Crippen molar-refractivity contribution in [3.05, 3.63) is 65.5 Å². The minimum Gasteiger partial charge on any atom is -0.496 e. The van der Waals surface area contributed by atoms with Gasteiger partial charge in [0.1, 0.15) is 17.1 Å². The van der Waals surface area contributed by atoms with Gasteiger partial charge in [0.25, 0.3) is 11.8 Å². The average molecular weight is 356 g/mol. The number of amides is 2. The van der Waals surface area contributed by atoms with Crippen LogP contribution in [0.15, 0.2) is 54.1 Å². The SMILES string of the molecule is COc1ccccc1/C=C1/C(=O)NC(=S)N(c2ccc(F)cc2)C1=O. The first-order valence-corrected chi connectivity index (χ1v) is 7.72. The van der Waals surface area contributed by atoms with E-state index in [1.807, 2.05) is 0 Å². The van der Waals surface area contributed by atoms with E-state index in [-0.39, 0.29) is 10.7 Å². The number of nitrogens with zero attached hydrogens (tertiary/aromatic N) is 1. The van der Waals surface area contributed by atoms with Crippen molar-refractivity contribution in [1.82, 2.24) is 5.32 Å². The zero-order valence-corrected chi connectivity index (χ0v) is 14.0. The van der Waals surface area contributed by atoms with Crippen molar-refractivity contribution >= 4 is 40.9 Å². The normalized spacial score (nSPS) is 16.2. The second-order valence-corrected chi connectivity index (χ2v) is 5.56. The van der Waals surface area contributed by atoms with E-state index in [9.17, 15) is 14.0 Å². The van der Waals surface area contributed by atoms with Gasteiger partial charge in [-0.3, -0.25) is 19.8 Å². The molecular weight excluding hydrogens is 343 g/mol. The highest BCUT2D eigenvalue weighted by atomic mass is 32.1. The van der Waals surface area contributed by atoms with Gasteiger partial charge in [0, 0.05) is 5.56 Å². The summed E-state index contributed by atoms with van der Waals surface area (Å²) < 4.78 is 18.4. The molecule has 0 aliphatic carbocycles. The van der Waals surface area contributed by atoms with Gasteiger partial charge in [-0.05, 0) is 48.6 Å². The van der Waals surface area contributed by atoms with Gasteiger partial charge in [-0.25, -0.2) is 4.39 Å². The summed E-state index contributed by atoms with van der Waals surface area (Å²) in [5.74, 6) is -1.10. The molecule has 0 bridgehead atoms. The van der Waals surface area contributed by atoms with Crippen LogP contribution < -0.4 is 15.0 Å². The molecule has 3 rings (SSSR count). The molecule has 1 aliphatic rings. The van der Waals surface area contributed by atoms with Gasteiger partial charge >= 0.3 is 0 Å². The molecule has 0 saturated carbocycles. The molecule has 0 aromatic heterocycles. The molecule has 25 heavy (non-hydrogen) atoms. The molecule has 1 heterocycles. The lowest BCUT2D eigenvalue weighted by atomic mass is 10.1. The molecule has 1 saturated heterocycles. The average Bonchev–Trinajstić information content (AvgIpc) is 2.60. The first kappa shape index (κ1) is 16.8. The summed E-state index contributed by atoms with van der Waals surface area (Å²) in [6.07, 6.45) is 1.44. The fourth-order valence-corrected chi connectivity index (χ4v) is 2.70. The lowest BCUT2D eigenvalue weighted by Crippen LogP contribution is -2.54. The monoisotopic (exact) mass is 356 g/mol. The molecule has 7 heteroatoms. The molecule has 1 fully saturated rings. The highest BCUT2D eigenvalue weighted by molar-refractivity contribution is 7.80. The summed E-state index contributed by atoms with van der Waals surface area (Å²) in [5.41, 5.74) is 0.847. The number of hydrogen-bond acceptors (Lipinski definition) is 4. The number of carbonyl (C=O) groups is 2. The highest BCUT2D eigenvalue weighted by Crippen LogP contribution is 2.25. The fraction of sp³-hybridized carbons (Fsp3) is 0.0556. The molecule has 0 spiro atoms. The van der Waals surface area contributed by atoms with E-state index < -0.39 is 17.6 Å². The molecule has 2 amide bonds. The van der Waals surface area contributed by atoms with Gasteiger partial charge in [-0.1, -0.05) is 18.2 Å². The van der Waals surface area contributed by atoms with Crippen molar-refractivity contribution in [1.29, 1.82) is 0 Å². The van der Waals surface area contributed by atoms with Crippen molar-refractivity contribution in [2.45, 2.75) is 0 Å². The highest BCUT2D eigenvalue weighted by Gasteiger charge is 2.34. The van der Waals surface area contributed by atoms with Gasteiger partial charge in [-0.2, -0.15) is 0 Å². The summed E-state index contributed by atoms with van der Waals surface area (Å²) >= 11 is 5.09. The predicted molar refractivity (Wildman–Crippen MR) is 95.6 cm³/mol. The Labute approximate surface area is 148 Å². The number of para-hydroxylation sites is 1. The van der Waals surface area contributed by atoms with Crippen LogP contribution in [0.3, 0.4) is 0 Å². The quantitative estimate of drug-likeness (QED) is 0.522. The van der Waals surface area contributed by atoms with Crippen LogP contribution >= 0.6 is 12.2 Å². The van der Waals surface area contributed by atoms with Crippen molar-refractivity contribution in [3.8, 4) is 5.75 Å². The minimum absolute atomic E-state index is 0.0567. The van der Waals surface area contributed by atoms with E-state index in [0.29, 0.717) is 17.0 Å². The standard InChI is InChI=1S/C18H13FN2O3S/c1-24-15-5-3-2-4-11(15)10-14-16(22)20-18(25)21(17(14)23)13-8-6-12(19)7-9-13/h2-10H,1H3,(H,20,22,25)/b14-10-. The molecule has 1 aliphatic heterocycles. The van der Waals surface area contributed by atoms with Crippen LogP contribution in [-0.2, 0) is 9.59 Å².